The number of halogens is 2. The van der Waals surface area contributed by atoms with E-state index in [1.807, 2.05) is 12.1 Å². The number of hydrogen-bond donors (Lipinski definition) is 4. The zero-order chi connectivity index (χ0) is 31.1. The molecule has 3 aromatic carbocycles. The van der Waals surface area contributed by atoms with Crippen LogP contribution in [0.3, 0.4) is 0 Å². The van der Waals surface area contributed by atoms with Gasteiger partial charge in [0.15, 0.2) is 17.3 Å². The highest BCUT2D eigenvalue weighted by molar-refractivity contribution is 6.11. The normalized spacial score (nSPS) is 16.4. The molecule has 1 saturated heterocycles. The van der Waals surface area contributed by atoms with E-state index >= 15 is 4.39 Å². The Morgan fingerprint density at radius 3 is 2.24 bits per heavy atom. The number of fused-ring (bicyclic) bond motifs is 1. The van der Waals surface area contributed by atoms with Crippen molar-refractivity contribution in [3.63, 3.8) is 0 Å². The first-order chi connectivity index (χ1) is 21.4. The predicted molar refractivity (Wildman–Crippen MR) is 167 cm³/mol. The smallest absolute Gasteiger partial charge is 0.251 e. The largest absolute Gasteiger partial charge is 0.494 e. The molecule has 4 N–H and O–H groups in total. The van der Waals surface area contributed by atoms with Gasteiger partial charge in [-0.05, 0) is 47.5 Å². The van der Waals surface area contributed by atoms with Crippen LogP contribution in [0.2, 0.25) is 0 Å². The molecule has 2 aliphatic rings. The number of ether oxygens (including phenoxy) is 3. The average molecular weight is 641 g/mol. The molecule has 0 aromatic heterocycles. The van der Waals surface area contributed by atoms with Crippen molar-refractivity contribution in [2.45, 2.75) is 18.6 Å². The van der Waals surface area contributed by atoms with Gasteiger partial charge in [0.05, 0.1) is 45.6 Å². The number of amides is 2. The number of hydrogen-bond acceptors (Lipinski definition) is 9. The van der Waals surface area contributed by atoms with Crippen LogP contribution >= 0.6 is 12.4 Å². The van der Waals surface area contributed by atoms with Crippen LogP contribution in [0.25, 0.3) is 0 Å². The number of carbonyl (C=O) groups is 3. The number of nitrogens with zero attached hydrogens (tertiary/aromatic N) is 1. The summed E-state index contributed by atoms with van der Waals surface area (Å²) in [6.07, 6.45) is 1.79. The van der Waals surface area contributed by atoms with E-state index in [9.17, 15) is 14.4 Å². The molecule has 1 fully saturated rings. The van der Waals surface area contributed by atoms with Crippen molar-refractivity contribution in [3.05, 3.63) is 93.8 Å². The molecular weight excluding hydrogens is 607 g/mol. The molecule has 0 spiro atoms. The van der Waals surface area contributed by atoms with E-state index in [-0.39, 0.29) is 85.4 Å². The highest BCUT2D eigenvalue weighted by Gasteiger charge is 2.31. The summed E-state index contributed by atoms with van der Waals surface area (Å²) >= 11 is 0. The van der Waals surface area contributed by atoms with Crippen molar-refractivity contribution >= 4 is 36.2 Å². The molecule has 0 unspecified atom stereocenters. The zero-order valence-electron chi connectivity index (χ0n) is 24.5. The van der Waals surface area contributed by atoms with Gasteiger partial charge in [-0.2, -0.15) is 0 Å². The van der Waals surface area contributed by atoms with Crippen LogP contribution in [0.15, 0.2) is 59.6 Å². The maximum atomic E-state index is 15.2. The molecule has 2 aliphatic heterocycles. The van der Waals surface area contributed by atoms with Gasteiger partial charge < -0.3 is 35.3 Å². The molecule has 5 rings (SSSR count). The molecule has 2 heterocycles. The van der Waals surface area contributed by atoms with Gasteiger partial charge >= 0.3 is 0 Å². The second-order valence-corrected chi connectivity index (χ2v) is 10.2. The maximum Gasteiger partial charge on any atom is 0.251 e. The summed E-state index contributed by atoms with van der Waals surface area (Å²) in [5, 5.41) is 18.0. The molecule has 11 nitrogen and oxygen atoms in total. The Balaban J connectivity index is 0.00000461. The number of aliphatic hydroxyl groups is 1. The second kappa shape index (κ2) is 15.6. The highest BCUT2D eigenvalue weighted by atomic mass is 35.5. The van der Waals surface area contributed by atoms with Gasteiger partial charge in [-0.3, -0.25) is 19.4 Å². The topological polar surface area (TPSA) is 148 Å². The summed E-state index contributed by atoms with van der Waals surface area (Å²) in [5.74, 6) is -2.25. The summed E-state index contributed by atoms with van der Waals surface area (Å²) in [5.41, 5.74) is 2.65. The number of aliphatic hydroxyl groups excluding tert-OH is 1. The fourth-order valence-corrected chi connectivity index (χ4v) is 5.06. The minimum Gasteiger partial charge on any atom is -0.494 e. The van der Waals surface area contributed by atoms with Crippen LogP contribution in [0.5, 0.6) is 11.5 Å². The van der Waals surface area contributed by atoms with Gasteiger partial charge in [0.25, 0.3) is 11.8 Å². The monoisotopic (exact) mass is 640 g/mol. The lowest BCUT2D eigenvalue weighted by molar-refractivity contribution is 0.0700. The standard InChI is InChI=1S/C32H33FN4O7.ClH/c1-42-27-9-8-26(44-13-12-43-11-10-38)28(29(27)33)30(39)19-2-4-20(5-3-19)31(40)36-24-17-35-18-25(24)37-32(41)21-6-7-22-15-34-16-23(22)14-21;/h2-9,14-15,24-25,35,38H,10-13,16-18H2,1H3,(H,36,40)(H,37,41);1H/t24-,25-;/m1./s1. The third kappa shape index (κ3) is 7.84. The first-order valence-electron chi connectivity index (χ1n) is 14.2. The van der Waals surface area contributed by atoms with E-state index in [0.717, 1.165) is 11.1 Å². The Labute approximate surface area is 265 Å². The molecule has 238 valence electrons. The summed E-state index contributed by atoms with van der Waals surface area (Å²) in [7, 11) is 1.29. The molecule has 2 amide bonds. The van der Waals surface area contributed by atoms with E-state index in [1.54, 1.807) is 12.3 Å². The number of nitrogens with one attached hydrogen (secondary N) is 3. The number of methoxy groups -OCH3 is 1. The van der Waals surface area contributed by atoms with Crippen molar-refractivity contribution < 1.29 is 38.1 Å². The van der Waals surface area contributed by atoms with Crippen molar-refractivity contribution in [1.82, 2.24) is 16.0 Å². The number of ketones is 1. The van der Waals surface area contributed by atoms with Crippen molar-refractivity contribution in [1.29, 1.82) is 0 Å². The van der Waals surface area contributed by atoms with Crippen LogP contribution < -0.4 is 25.4 Å². The van der Waals surface area contributed by atoms with E-state index in [4.69, 9.17) is 19.3 Å². The Hall–Kier alpha value is -4.36. The van der Waals surface area contributed by atoms with Crippen molar-refractivity contribution in [2.24, 2.45) is 4.99 Å². The summed E-state index contributed by atoms with van der Waals surface area (Å²) in [6, 6.07) is 13.4. The number of aliphatic imine (C=N–C) groups is 1. The van der Waals surface area contributed by atoms with Gasteiger partial charge in [0.2, 0.25) is 0 Å². The molecule has 0 radical (unpaired) electrons. The quantitative estimate of drug-likeness (QED) is 0.164. The van der Waals surface area contributed by atoms with Gasteiger partial charge in [-0.15, -0.1) is 12.4 Å². The van der Waals surface area contributed by atoms with E-state index in [1.165, 1.54) is 43.5 Å². The second-order valence-electron chi connectivity index (χ2n) is 10.2. The van der Waals surface area contributed by atoms with Crippen LogP contribution in [-0.2, 0) is 11.3 Å². The fraction of sp³-hybridized carbons (Fsp3) is 0.312. The van der Waals surface area contributed by atoms with E-state index < -0.39 is 11.6 Å². The Morgan fingerprint density at radius 1 is 0.911 bits per heavy atom. The lowest BCUT2D eigenvalue weighted by atomic mass is 10.00. The van der Waals surface area contributed by atoms with Crippen LogP contribution in [0, 0.1) is 5.82 Å². The fourth-order valence-electron chi connectivity index (χ4n) is 5.06. The number of rotatable bonds is 13. The summed E-state index contributed by atoms with van der Waals surface area (Å²) in [4.78, 5) is 43.6. The maximum absolute atomic E-state index is 15.2. The first-order valence-corrected chi connectivity index (χ1v) is 14.2. The van der Waals surface area contributed by atoms with Crippen LogP contribution in [0.4, 0.5) is 4.39 Å². The zero-order valence-corrected chi connectivity index (χ0v) is 25.3. The molecule has 0 bridgehead atoms. The Bertz CT molecular complexity index is 1570. The molecule has 0 saturated carbocycles. The minimum atomic E-state index is -0.872. The van der Waals surface area contributed by atoms with E-state index in [0.29, 0.717) is 30.8 Å². The predicted octanol–water partition coefficient (Wildman–Crippen LogP) is 2.31. The Kier molecular flexibility index (Phi) is 11.6. The third-order valence-corrected chi connectivity index (χ3v) is 7.39. The van der Waals surface area contributed by atoms with Crippen LogP contribution in [0.1, 0.15) is 47.8 Å². The van der Waals surface area contributed by atoms with Gasteiger partial charge in [0, 0.05) is 36.0 Å². The molecule has 3 aromatic rings. The van der Waals surface area contributed by atoms with Gasteiger partial charge in [-0.1, -0.05) is 18.2 Å². The molecule has 45 heavy (non-hydrogen) atoms. The lowest BCUT2D eigenvalue weighted by Gasteiger charge is -2.21. The summed E-state index contributed by atoms with van der Waals surface area (Å²) in [6.45, 7) is 1.66. The van der Waals surface area contributed by atoms with E-state index in [2.05, 4.69) is 20.9 Å². The molecule has 2 atom stereocenters. The highest BCUT2D eigenvalue weighted by Crippen LogP contribution is 2.31. The minimum absolute atomic E-state index is 0. The van der Waals surface area contributed by atoms with Gasteiger partial charge in [-0.25, -0.2) is 4.39 Å². The van der Waals surface area contributed by atoms with Gasteiger partial charge in [0.1, 0.15) is 17.9 Å². The number of benzene rings is 3. The summed E-state index contributed by atoms with van der Waals surface area (Å²) < 4.78 is 31.0. The number of carbonyl (C=O) groups excluding carboxylic acids is 3. The lowest BCUT2D eigenvalue weighted by Crippen LogP contribution is -2.51. The molecule has 13 heteroatoms. The average Bonchev–Trinajstić information content (AvgIpc) is 3.69. The molecule has 0 aliphatic carbocycles. The SMILES string of the molecule is COc1ccc(OCCOCCO)c(C(=O)c2ccc(C(=O)N[C@@H]3CNC[C@H]3NC(=O)c3ccc4c(c3)CN=C4)cc2)c1F.Cl. The molecular formula is C32H34ClFN4O7. The van der Waals surface area contributed by atoms with Crippen molar-refractivity contribution in [2.75, 3.05) is 46.6 Å². The van der Waals surface area contributed by atoms with Crippen LogP contribution in [-0.4, -0.2) is 87.6 Å². The van der Waals surface area contributed by atoms with Crippen molar-refractivity contribution in [3.8, 4) is 11.5 Å². The Morgan fingerprint density at radius 2 is 1.56 bits per heavy atom. The first kappa shape index (κ1) is 33.5. The third-order valence-electron chi connectivity index (χ3n) is 7.39.